The zero-order chi connectivity index (χ0) is 21.8. The van der Waals surface area contributed by atoms with E-state index in [1.807, 2.05) is 54.8 Å². The van der Waals surface area contributed by atoms with Crippen molar-refractivity contribution in [3.05, 3.63) is 69.7 Å². The third-order valence-electron chi connectivity index (χ3n) is 5.10. The largest absolute Gasteiger partial charge is 0.493 e. The molecule has 4 rings (SSSR count). The summed E-state index contributed by atoms with van der Waals surface area (Å²) >= 11 is 1.59. The number of thiazole rings is 1. The first kappa shape index (κ1) is 21.1. The van der Waals surface area contributed by atoms with Crippen LogP contribution < -0.4 is 14.8 Å². The lowest BCUT2D eigenvalue weighted by molar-refractivity contribution is 0.0609. The predicted octanol–water partition coefficient (Wildman–Crippen LogP) is 4.25. The van der Waals surface area contributed by atoms with E-state index in [2.05, 4.69) is 10.3 Å². The van der Waals surface area contributed by atoms with Crippen LogP contribution in [0.4, 0.5) is 5.69 Å². The van der Waals surface area contributed by atoms with Crippen molar-refractivity contribution >= 4 is 22.9 Å². The zero-order valence-corrected chi connectivity index (χ0v) is 18.6. The second-order valence-corrected chi connectivity index (χ2v) is 8.20. The molecule has 1 unspecified atom stereocenters. The maximum atomic E-state index is 13.2. The van der Waals surface area contributed by atoms with Crippen LogP contribution in [0.1, 0.15) is 32.8 Å². The number of anilines is 1. The van der Waals surface area contributed by atoms with Gasteiger partial charge in [-0.3, -0.25) is 4.79 Å². The number of ether oxygens (including phenoxy) is 3. The van der Waals surface area contributed by atoms with Crippen molar-refractivity contribution in [2.75, 3.05) is 32.7 Å². The van der Waals surface area contributed by atoms with Crippen LogP contribution in [0.3, 0.4) is 0 Å². The fourth-order valence-electron chi connectivity index (χ4n) is 3.58. The van der Waals surface area contributed by atoms with Crippen molar-refractivity contribution in [1.29, 1.82) is 0 Å². The molecule has 2 aromatic carbocycles. The minimum atomic E-state index is -0.346. The molecule has 0 saturated carbocycles. The molecule has 1 amide bonds. The van der Waals surface area contributed by atoms with Gasteiger partial charge in [-0.05, 0) is 36.8 Å². The van der Waals surface area contributed by atoms with E-state index >= 15 is 0 Å². The second kappa shape index (κ2) is 9.36. The maximum absolute atomic E-state index is 13.2. The van der Waals surface area contributed by atoms with Gasteiger partial charge in [0.25, 0.3) is 5.91 Å². The molecule has 1 aliphatic heterocycles. The summed E-state index contributed by atoms with van der Waals surface area (Å²) in [6, 6.07) is 13.2. The van der Waals surface area contributed by atoms with Gasteiger partial charge in [0.1, 0.15) is 12.8 Å². The molecule has 3 aromatic rings. The van der Waals surface area contributed by atoms with Gasteiger partial charge >= 0.3 is 0 Å². The van der Waals surface area contributed by atoms with Gasteiger partial charge in [0.15, 0.2) is 11.5 Å². The Morgan fingerprint density at radius 1 is 1.16 bits per heavy atom. The number of aryl methyl sites for hydroxylation is 1. The van der Waals surface area contributed by atoms with E-state index < -0.39 is 0 Å². The molecule has 1 N–H and O–H groups in total. The average Bonchev–Trinajstić information content (AvgIpc) is 3.22. The molecule has 2 heterocycles. The van der Waals surface area contributed by atoms with E-state index in [1.165, 1.54) is 0 Å². The Hall–Kier alpha value is -3.10. The lowest BCUT2D eigenvalue weighted by Gasteiger charge is -2.38. The number of carbonyl (C=O) groups excluding carboxylic acids is 1. The molecular weight excluding hydrogens is 414 g/mol. The SMILES string of the molecule is COCCN1C(=O)c2ccccc2NC1c1ccc(OCc2csc(C)n2)c(OC)c1. The fraction of sp³-hybridized carbons (Fsp3) is 0.304. The van der Waals surface area contributed by atoms with E-state index in [0.717, 1.165) is 22.0 Å². The summed E-state index contributed by atoms with van der Waals surface area (Å²) in [4.78, 5) is 19.4. The van der Waals surface area contributed by atoms with E-state index in [4.69, 9.17) is 14.2 Å². The number of fused-ring (bicyclic) bond motifs is 1. The zero-order valence-electron chi connectivity index (χ0n) is 17.8. The molecule has 7 nitrogen and oxygen atoms in total. The summed E-state index contributed by atoms with van der Waals surface area (Å²) in [5, 5.41) is 6.47. The van der Waals surface area contributed by atoms with Gasteiger partial charge < -0.3 is 24.4 Å². The molecule has 162 valence electrons. The highest BCUT2D eigenvalue weighted by Crippen LogP contribution is 2.37. The highest BCUT2D eigenvalue weighted by Gasteiger charge is 2.33. The number of benzene rings is 2. The van der Waals surface area contributed by atoms with Crippen LogP contribution in [0.5, 0.6) is 11.5 Å². The maximum Gasteiger partial charge on any atom is 0.257 e. The topological polar surface area (TPSA) is 72.9 Å². The molecule has 31 heavy (non-hydrogen) atoms. The van der Waals surface area contributed by atoms with E-state index in [1.54, 1.807) is 30.5 Å². The minimum absolute atomic E-state index is 0.0328. The van der Waals surface area contributed by atoms with Gasteiger partial charge in [0.05, 0.1) is 30.0 Å². The number of rotatable bonds is 8. The normalized spacial score (nSPS) is 15.4. The Bertz CT molecular complexity index is 1070. The molecule has 0 saturated heterocycles. The first-order valence-electron chi connectivity index (χ1n) is 9.98. The number of hydrogen-bond acceptors (Lipinski definition) is 7. The summed E-state index contributed by atoms with van der Waals surface area (Å²) in [5.41, 5.74) is 3.24. The Balaban J connectivity index is 1.61. The quantitative estimate of drug-likeness (QED) is 0.566. The minimum Gasteiger partial charge on any atom is -0.493 e. The number of nitrogens with one attached hydrogen (secondary N) is 1. The van der Waals surface area contributed by atoms with Crippen molar-refractivity contribution in [2.24, 2.45) is 0 Å². The smallest absolute Gasteiger partial charge is 0.257 e. The van der Waals surface area contributed by atoms with Crippen LogP contribution in [0.2, 0.25) is 0 Å². The molecule has 1 atom stereocenters. The van der Waals surface area contributed by atoms with Crippen molar-refractivity contribution in [3.8, 4) is 11.5 Å². The van der Waals surface area contributed by atoms with E-state index in [-0.39, 0.29) is 12.1 Å². The van der Waals surface area contributed by atoms with Crippen LogP contribution in [-0.4, -0.2) is 43.2 Å². The van der Waals surface area contributed by atoms with Gasteiger partial charge in [-0.15, -0.1) is 11.3 Å². The summed E-state index contributed by atoms with van der Waals surface area (Å²) in [5.74, 6) is 1.20. The molecule has 8 heteroatoms. The van der Waals surface area contributed by atoms with Crippen molar-refractivity contribution in [3.63, 3.8) is 0 Å². The summed E-state index contributed by atoms with van der Waals surface area (Å²) in [6.07, 6.45) is -0.346. The Morgan fingerprint density at radius 3 is 2.74 bits per heavy atom. The van der Waals surface area contributed by atoms with E-state index in [0.29, 0.717) is 36.8 Å². The lowest BCUT2D eigenvalue weighted by Crippen LogP contribution is -2.44. The Labute approximate surface area is 185 Å². The highest BCUT2D eigenvalue weighted by molar-refractivity contribution is 7.09. The first-order chi connectivity index (χ1) is 15.1. The average molecular weight is 440 g/mol. The lowest BCUT2D eigenvalue weighted by atomic mass is 10.0. The van der Waals surface area contributed by atoms with Crippen LogP contribution in [0.15, 0.2) is 47.8 Å². The van der Waals surface area contributed by atoms with Crippen LogP contribution in [0.25, 0.3) is 0 Å². The number of amides is 1. The summed E-state index contributed by atoms with van der Waals surface area (Å²) < 4.78 is 16.8. The van der Waals surface area contributed by atoms with Crippen molar-refractivity contribution in [2.45, 2.75) is 19.7 Å². The third-order valence-corrected chi connectivity index (χ3v) is 5.93. The molecule has 1 aliphatic rings. The van der Waals surface area contributed by atoms with Crippen LogP contribution >= 0.6 is 11.3 Å². The molecule has 0 fully saturated rings. The monoisotopic (exact) mass is 439 g/mol. The van der Waals surface area contributed by atoms with E-state index in [9.17, 15) is 4.79 Å². The second-order valence-electron chi connectivity index (χ2n) is 7.14. The van der Waals surface area contributed by atoms with Crippen molar-refractivity contribution in [1.82, 2.24) is 9.88 Å². The van der Waals surface area contributed by atoms with Gasteiger partial charge in [0.2, 0.25) is 0 Å². The number of hydrogen-bond donors (Lipinski definition) is 1. The van der Waals surface area contributed by atoms with Gasteiger partial charge in [0, 0.05) is 24.7 Å². The summed E-state index contributed by atoms with van der Waals surface area (Å²) in [7, 11) is 3.24. The van der Waals surface area contributed by atoms with Crippen LogP contribution in [0, 0.1) is 6.92 Å². The molecule has 0 aliphatic carbocycles. The third kappa shape index (κ3) is 4.50. The standard InChI is InChI=1S/C23H25N3O4S/c1-15-24-17(14-31-15)13-30-20-9-8-16(12-21(20)29-3)22-25-19-7-5-4-6-18(19)23(27)26(22)10-11-28-2/h4-9,12,14,22,25H,10-11,13H2,1-3H3. The summed E-state index contributed by atoms with van der Waals surface area (Å²) in [6.45, 7) is 3.24. The molecule has 1 aromatic heterocycles. The van der Waals surface area contributed by atoms with Crippen LogP contribution in [-0.2, 0) is 11.3 Å². The number of para-hydroxylation sites is 1. The van der Waals surface area contributed by atoms with Crippen molar-refractivity contribution < 1.29 is 19.0 Å². The highest BCUT2D eigenvalue weighted by atomic mass is 32.1. The first-order valence-corrected chi connectivity index (χ1v) is 10.9. The predicted molar refractivity (Wildman–Crippen MR) is 120 cm³/mol. The van der Waals surface area contributed by atoms with Gasteiger partial charge in [-0.2, -0.15) is 0 Å². The number of methoxy groups -OCH3 is 2. The molecule has 0 bridgehead atoms. The number of nitrogens with zero attached hydrogens (tertiary/aromatic N) is 2. The number of aromatic nitrogens is 1. The van der Waals surface area contributed by atoms with Gasteiger partial charge in [-0.25, -0.2) is 4.98 Å². The van der Waals surface area contributed by atoms with Gasteiger partial charge in [-0.1, -0.05) is 18.2 Å². The Morgan fingerprint density at radius 2 is 2.00 bits per heavy atom. The molecular formula is C23H25N3O4S. The fourth-order valence-corrected chi connectivity index (χ4v) is 4.17. The number of carbonyl (C=O) groups is 1. The molecule has 0 spiro atoms. The molecule has 0 radical (unpaired) electrons. The Kier molecular flexibility index (Phi) is 6.39.